The topological polar surface area (TPSA) is 105 Å². The molecule has 6 nitrogen and oxygen atoms in total. The van der Waals surface area contributed by atoms with Crippen molar-refractivity contribution in [3.63, 3.8) is 0 Å². The lowest BCUT2D eigenvalue weighted by Crippen LogP contribution is -2.42. The largest absolute Gasteiger partial charge is 0.388 e. The lowest BCUT2D eigenvalue weighted by molar-refractivity contribution is 0.0250. The molecule has 1 aromatic rings. The van der Waals surface area contributed by atoms with Crippen molar-refractivity contribution in [2.45, 2.75) is 58.5 Å². The lowest BCUT2D eigenvalue weighted by Gasteiger charge is -2.27. The number of nitrogens with two attached hydrogens (primary N) is 2. The second-order valence-corrected chi connectivity index (χ2v) is 7.13. The Morgan fingerprint density at radius 2 is 2.11 bits per heavy atom. The van der Waals surface area contributed by atoms with Crippen LogP contribution in [0.2, 0.25) is 0 Å². The van der Waals surface area contributed by atoms with Gasteiger partial charge in [0.2, 0.25) is 0 Å². The van der Waals surface area contributed by atoms with Crippen molar-refractivity contribution < 1.29 is 9.90 Å². The van der Waals surface area contributed by atoms with Crippen LogP contribution in [0.1, 0.15) is 61.0 Å². The number of unbranched alkanes of at least 4 members (excludes halogenated alkanes) is 1. The zero-order chi connectivity index (χ0) is 20.3. The molecule has 0 saturated carbocycles. The lowest BCUT2D eigenvalue weighted by atomic mass is 9.93. The van der Waals surface area contributed by atoms with Gasteiger partial charge in [-0.3, -0.25) is 4.79 Å². The normalized spacial score (nSPS) is 13.6. The summed E-state index contributed by atoms with van der Waals surface area (Å²) in [5, 5.41) is 15.1. The minimum absolute atomic E-state index is 0.148. The van der Waals surface area contributed by atoms with E-state index in [9.17, 15) is 9.90 Å². The Balaban J connectivity index is 2.74. The van der Waals surface area contributed by atoms with Crippen molar-refractivity contribution in [3.8, 4) is 0 Å². The second kappa shape index (κ2) is 11.7. The number of benzene rings is 1. The number of rotatable bonds is 12. The molecule has 27 heavy (non-hydrogen) atoms. The van der Waals surface area contributed by atoms with Gasteiger partial charge in [-0.1, -0.05) is 44.9 Å². The summed E-state index contributed by atoms with van der Waals surface area (Å²) in [6, 6.07) is 5.85. The highest BCUT2D eigenvalue weighted by molar-refractivity contribution is 5.95. The number of amides is 1. The molecule has 0 bridgehead atoms. The van der Waals surface area contributed by atoms with Crippen molar-refractivity contribution >= 4 is 5.91 Å². The number of carbonyl (C=O) groups excluding carboxylic acids is 1. The molecule has 1 aromatic carbocycles. The molecule has 6 N–H and O–H groups in total. The standard InChI is InChI=1S/C21H36N4O2/c1-4-6-11-21(27,5-2)16-24-20(26)19-15-18(10-9-17(19)3)8-7-13-25(23)14-12-22/h7,9-10,13,15,27H,4-6,8,11-12,14,16,22-23H2,1-3H3,(H,24,26)/b13-7-. The Bertz CT molecular complexity index is 618. The molecule has 0 fully saturated rings. The molecule has 0 spiro atoms. The monoisotopic (exact) mass is 376 g/mol. The predicted octanol–water partition coefficient (Wildman–Crippen LogP) is 2.25. The van der Waals surface area contributed by atoms with E-state index in [4.69, 9.17) is 11.6 Å². The average molecular weight is 377 g/mol. The number of hydrogen-bond donors (Lipinski definition) is 4. The van der Waals surface area contributed by atoms with E-state index >= 15 is 0 Å². The Labute approximate surface area is 163 Å². The van der Waals surface area contributed by atoms with Crippen LogP contribution < -0.4 is 16.9 Å². The summed E-state index contributed by atoms with van der Waals surface area (Å²) >= 11 is 0. The van der Waals surface area contributed by atoms with Gasteiger partial charge >= 0.3 is 0 Å². The molecule has 0 heterocycles. The molecule has 1 atom stereocenters. The highest BCUT2D eigenvalue weighted by Crippen LogP contribution is 2.18. The Morgan fingerprint density at radius 3 is 2.74 bits per heavy atom. The van der Waals surface area contributed by atoms with E-state index in [0.29, 0.717) is 37.9 Å². The van der Waals surface area contributed by atoms with E-state index in [1.807, 2.05) is 38.1 Å². The second-order valence-electron chi connectivity index (χ2n) is 7.13. The zero-order valence-corrected chi connectivity index (χ0v) is 17.0. The van der Waals surface area contributed by atoms with Crippen LogP contribution in [0.25, 0.3) is 0 Å². The summed E-state index contributed by atoms with van der Waals surface area (Å²) in [7, 11) is 0. The molecule has 1 amide bonds. The fourth-order valence-electron chi connectivity index (χ4n) is 2.82. The number of nitrogens with one attached hydrogen (secondary N) is 1. The molecule has 6 heteroatoms. The number of hydrazine groups is 1. The van der Waals surface area contributed by atoms with E-state index in [1.54, 1.807) is 11.2 Å². The zero-order valence-electron chi connectivity index (χ0n) is 17.0. The average Bonchev–Trinajstić information content (AvgIpc) is 2.66. The van der Waals surface area contributed by atoms with Gasteiger partial charge in [-0.25, -0.2) is 5.84 Å². The minimum atomic E-state index is -0.840. The van der Waals surface area contributed by atoms with Crippen LogP contribution in [0.5, 0.6) is 0 Å². The maximum absolute atomic E-state index is 12.6. The first-order valence-corrected chi connectivity index (χ1v) is 9.83. The van der Waals surface area contributed by atoms with Gasteiger partial charge < -0.3 is 21.2 Å². The maximum Gasteiger partial charge on any atom is 0.251 e. The third-order valence-corrected chi connectivity index (χ3v) is 4.82. The summed E-state index contributed by atoms with van der Waals surface area (Å²) in [5.41, 5.74) is 7.20. The van der Waals surface area contributed by atoms with Crippen LogP contribution in [0, 0.1) is 6.92 Å². The fourth-order valence-corrected chi connectivity index (χ4v) is 2.82. The smallest absolute Gasteiger partial charge is 0.251 e. The third-order valence-electron chi connectivity index (χ3n) is 4.82. The molecular weight excluding hydrogens is 340 g/mol. The van der Waals surface area contributed by atoms with Gasteiger partial charge in [-0.15, -0.1) is 0 Å². The number of aliphatic hydroxyl groups is 1. The summed E-state index contributed by atoms with van der Waals surface area (Å²) in [6.45, 7) is 7.32. The first-order chi connectivity index (χ1) is 12.8. The Morgan fingerprint density at radius 1 is 1.37 bits per heavy atom. The molecular formula is C21H36N4O2. The van der Waals surface area contributed by atoms with Gasteiger partial charge in [0.15, 0.2) is 0 Å². The fraction of sp³-hybridized carbons (Fsp3) is 0.571. The van der Waals surface area contributed by atoms with Crippen molar-refractivity contribution in [1.29, 1.82) is 0 Å². The SMILES string of the molecule is CCCCC(O)(CC)CNC(=O)c1cc(C/C=C\N(N)CCN)ccc1C. The predicted molar refractivity (Wildman–Crippen MR) is 111 cm³/mol. The van der Waals surface area contributed by atoms with Crippen molar-refractivity contribution in [3.05, 3.63) is 47.2 Å². The maximum atomic E-state index is 12.6. The van der Waals surface area contributed by atoms with E-state index in [2.05, 4.69) is 12.2 Å². The molecule has 152 valence electrons. The minimum Gasteiger partial charge on any atom is -0.388 e. The van der Waals surface area contributed by atoms with Crippen LogP contribution >= 0.6 is 0 Å². The van der Waals surface area contributed by atoms with Crippen LogP contribution in [0.3, 0.4) is 0 Å². The number of nitrogens with zero attached hydrogens (tertiary/aromatic N) is 1. The van der Waals surface area contributed by atoms with E-state index in [1.165, 1.54) is 0 Å². The van der Waals surface area contributed by atoms with Gasteiger partial charge in [0, 0.05) is 31.4 Å². The summed E-state index contributed by atoms with van der Waals surface area (Å²) in [4.78, 5) is 12.6. The van der Waals surface area contributed by atoms with Gasteiger partial charge in [0.25, 0.3) is 5.91 Å². The van der Waals surface area contributed by atoms with Crippen LogP contribution in [0.15, 0.2) is 30.5 Å². The highest BCUT2D eigenvalue weighted by atomic mass is 16.3. The summed E-state index contributed by atoms with van der Waals surface area (Å²) in [5.74, 6) is 5.61. The molecule has 0 aromatic heterocycles. The Kier molecular flexibility index (Phi) is 10.1. The van der Waals surface area contributed by atoms with Gasteiger partial charge in [-0.2, -0.15) is 0 Å². The first kappa shape index (κ1) is 23.1. The highest BCUT2D eigenvalue weighted by Gasteiger charge is 2.25. The quantitative estimate of drug-likeness (QED) is 0.331. The van der Waals surface area contributed by atoms with Crippen molar-refractivity contribution in [2.75, 3.05) is 19.6 Å². The van der Waals surface area contributed by atoms with Crippen LogP contribution in [-0.4, -0.2) is 41.3 Å². The molecule has 0 aliphatic rings. The molecule has 0 saturated heterocycles. The number of carbonyl (C=O) groups is 1. The number of allylic oxidation sites excluding steroid dienone is 1. The van der Waals surface area contributed by atoms with Crippen molar-refractivity contribution in [1.82, 2.24) is 10.3 Å². The van der Waals surface area contributed by atoms with Gasteiger partial charge in [-0.05, 0) is 43.4 Å². The van der Waals surface area contributed by atoms with Gasteiger partial charge in [0.1, 0.15) is 0 Å². The molecule has 0 aliphatic carbocycles. The molecule has 1 rings (SSSR count). The molecule has 0 radical (unpaired) electrons. The van der Waals surface area contributed by atoms with E-state index < -0.39 is 5.60 Å². The van der Waals surface area contributed by atoms with Crippen LogP contribution in [0.4, 0.5) is 0 Å². The number of hydrogen-bond acceptors (Lipinski definition) is 5. The molecule has 0 aliphatic heterocycles. The van der Waals surface area contributed by atoms with E-state index in [-0.39, 0.29) is 12.5 Å². The van der Waals surface area contributed by atoms with Crippen LogP contribution in [-0.2, 0) is 6.42 Å². The summed E-state index contributed by atoms with van der Waals surface area (Å²) in [6.07, 6.45) is 7.70. The summed E-state index contributed by atoms with van der Waals surface area (Å²) < 4.78 is 0. The third kappa shape index (κ3) is 8.12. The molecule has 1 unspecified atom stereocenters. The van der Waals surface area contributed by atoms with Gasteiger partial charge in [0.05, 0.1) is 5.60 Å². The van der Waals surface area contributed by atoms with Crippen molar-refractivity contribution in [2.24, 2.45) is 11.6 Å². The first-order valence-electron chi connectivity index (χ1n) is 9.83. The Hall–Kier alpha value is -1.89. The number of aryl methyl sites for hydroxylation is 1. The van der Waals surface area contributed by atoms with E-state index in [0.717, 1.165) is 24.0 Å².